The number of nitrogens with zero attached hydrogens (tertiary/aromatic N) is 1. The van der Waals surface area contributed by atoms with E-state index in [1.165, 1.54) is 5.69 Å². The van der Waals surface area contributed by atoms with E-state index in [4.69, 9.17) is 22.7 Å². The van der Waals surface area contributed by atoms with Gasteiger partial charge in [-0.1, -0.05) is 19.1 Å². The van der Waals surface area contributed by atoms with E-state index < -0.39 is 0 Å². The Balaban J connectivity index is 2.29. The van der Waals surface area contributed by atoms with E-state index in [2.05, 4.69) is 33.8 Å². The van der Waals surface area contributed by atoms with Crippen molar-refractivity contribution in [2.75, 3.05) is 24.7 Å². The van der Waals surface area contributed by atoms with Gasteiger partial charge < -0.3 is 15.4 Å². The third-order valence-electron chi connectivity index (χ3n) is 3.24. The molecule has 0 bridgehead atoms. The zero-order chi connectivity index (χ0) is 13.1. The standard InChI is InChI=1S/C13H17BrN2OS/c1-2-10-8-17-6-5-16(10)12-4-3-9(13(15)18)7-11(12)14/h3-4,7,10H,2,5-6,8H2,1H3,(H2,15,18). The zero-order valence-electron chi connectivity index (χ0n) is 10.4. The van der Waals surface area contributed by atoms with Crippen LogP contribution in [-0.4, -0.2) is 30.8 Å². The highest BCUT2D eigenvalue weighted by atomic mass is 79.9. The van der Waals surface area contributed by atoms with Crippen LogP contribution in [0.5, 0.6) is 0 Å². The van der Waals surface area contributed by atoms with Crippen LogP contribution < -0.4 is 10.6 Å². The summed E-state index contributed by atoms with van der Waals surface area (Å²) in [5.74, 6) is 0. The van der Waals surface area contributed by atoms with E-state index in [1.54, 1.807) is 0 Å². The topological polar surface area (TPSA) is 38.5 Å². The number of rotatable bonds is 3. The Morgan fingerprint density at radius 2 is 2.39 bits per heavy atom. The minimum Gasteiger partial charge on any atom is -0.389 e. The second-order valence-corrected chi connectivity index (χ2v) is 5.65. The number of anilines is 1. The van der Waals surface area contributed by atoms with Gasteiger partial charge in [-0.05, 0) is 40.5 Å². The van der Waals surface area contributed by atoms with Crippen LogP contribution in [-0.2, 0) is 4.74 Å². The minimum atomic E-state index is 0.427. The summed E-state index contributed by atoms with van der Waals surface area (Å²) in [5.41, 5.74) is 7.72. The summed E-state index contributed by atoms with van der Waals surface area (Å²) in [5, 5.41) is 0. The Hall–Kier alpha value is -0.650. The first-order valence-electron chi connectivity index (χ1n) is 6.07. The third-order valence-corrected chi connectivity index (χ3v) is 4.11. The van der Waals surface area contributed by atoms with Crippen molar-refractivity contribution in [3.8, 4) is 0 Å². The lowest BCUT2D eigenvalue weighted by atomic mass is 10.1. The van der Waals surface area contributed by atoms with E-state index >= 15 is 0 Å². The molecular weight excluding hydrogens is 312 g/mol. The lowest BCUT2D eigenvalue weighted by Crippen LogP contribution is -2.45. The lowest BCUT2D eigenvalue weighted by molar-refractivity contribution is 0.0929. The SMILES string of the molecule is CCC1COCCN1c1ccc(C(N)=S)cc1Br. The number of hydrogen-bond acceptors (Lipinski definition) is 3. The predicted molar refractivity (Wildman–Crippen MR) is 82.3 cm³/mol. The molecule has 1 unspecified atom stereocenters. The number of benzene rings is 1. The van der Waals surface area contributed by atoms with Crippen molar-refractivity contribution >= 4 is 38.8 Å². The second kappa shape index (κ2) is 5.99. The van der Waals surface area contributed by atoms with Crippen LogP contribution in [0, 0.1) is 0 Å². The molecule has 1 aliphatic heterocycles. The summed E-state index contributed by atoms with van der Waals surface area (Å²) < 4.78 is 6.56. The fraction of sp³-hybridized carbons (Fsp3) is 0.462. The molecule has 98 valence electrons. The molecule has 1 atom stereocenters. The average Bonchev–Trinajstić information content (AvgIpc) is 2.38. The fourth-order valence-corrected chi connectivity index (χ4v) is 2.94. The van der Waals surface area contributed by atoms with Crippen LogP contribution in [0.3, 0.4) is 0 Å². The monoisotopic (exact) mass is 328 g/mol. The van der Waals surface area contributed by atoms with Crippen LogP contribution in [0.25, 0.3) is 0 Å². The van der Waals surface area contributed by atoms with Gasteiger partial charge in [0.1, 0.15) is 4.99 Å². The van der Waals surface area contributed by atoms with Crippen LogP contribution >= 0.6 is 28.1 Å². The molecule has 1 aromatic carbocycles. The summed E-state index contributed by atoms with van der Waals surface area (Å²) in [6.07, 6.45) is 1.07. The lowest BCUT2D eigenvalue weighted by Gasteiger charge is -2.37. The maximum Gasteiger partial charge on any atom is 0.104 e. The van der Waals surface area contributed by atoms with Gasteiger partial charge in [0.05, 0.1) is 24.9 Å². The molecule has 0 aliphatic carbocycles. The smallest absolute Gasteiger partial charge is 0.104 e. The number of ether oxygens (including phenoxy) is 1. The van der Waals surface area contributed by atoms with E-state index in [0.29, 0.717) is 11.0 Å². The third kappa shape index (κ3) is 2.84. The molecule has 1 aromatic rings. The van der Waals surface area contributed by atoms with Crippen LogP contribution in [0.4, 0.5) is 5.69 Å². The molecule has 0 saturated carbocycles. The first kappa shape index (κ1) is 13.8. The van der Waals surface area contributed by atoms with E-state index in [9.17, 15) is 0 Å². The number of nitrogens with two attached hydrogens (primary N) is 1. The van der Waals surface area contributed by atoms with Gasteiger partial charge in [-0.15, -0.1) is 0 Å². The highest BCUT2D eigenvalue weighted by Crippen LogP contribution is 2.30. The Labute approximate surface area is 121 Å². The van der Waals surface area contributed by atoms with Crippen LogP contribution in [0.1, 0.15) is 18.9 Å². The number of morpholine rings is 1. The zero-order valence-corrected chi connectivity index (χ0v) is 12.8. The van der Waals surface area contributed by atoms with Crippen molar-refractivity contribution < 1.29 is 4.74 Å². The Kier molecular flexibility index (Phi) is 4.59. The Morgan fingerprint density at radius 1 is 1.61 bits per heavy atom. The van der Waals surface area contributed by atoms with Crippen molar-refractivity contribution in [3.05, 3.63) is 28.2 Å². The molecule has 0 spiro atoms. The molecule has 2 rings (SSSR count). The van der Waals surface area contributed by atoms with Gasteiger partial charge in [-0.2, -0.15) is 0 Å². The molecule has 2 N–H and O–H groups in total. The predicted octanol–water partition coefficient (Wildman–Crippen LogP) is 2.70. The molecule has 5 heteroatoms. The number of hydrogen-bond donors (Lipinski definition) is 1. The molecular formula is C13H17BrN2OS. The average molecular weight is 329 g/mol. The largest absolute Gasteiger partial charge is 0.389 e. The molecule has 0 aromatic heterocycles. The van der Waals surface area contributed by atoms with Crippen molar-refractivity contribution in [2.24, 2.45) is 5.73 Å². The molecule has 0 radical (unpaired) electrons. The fourth-order valence-electron chi connectivity index (χ4n) is 2.20. The summed E-state index contributed by atoms with van der Waals surface area (Å²) in [6.45, 7) is 4.67. The van der Waals surface area contributed by atoms with Crippen LogP contribution in [0.2, 0.25) is 0 Å². The molecule has 0 amide bonds. The highest BCUT2D eigenvalue weighted by Gasteiger charge is 2.23. The minimum absolute atomic E-state index is 0.427. The number of halogens is 1. The van der Waals surface area contributed by atoms with Gasteiger partial charge in [-0.3, -0.25) is 0 Å². The first-order valence-corrected chi connectivity index (χ1v) is 7.27. The van der Waals surface area contributed by atoms with E-state index in [-0.39, 0.29) is 0 Å². The maximum atomic E-state index is 5.64. The van der Waals surface area contributed by atoms with Gasteiger partial charge in [-0.25, -0.2) is 0 Å². The highest BCUT2D eigenvalue weighted by molar-refractivity contribution is 9.10. The van der Waals surface area contributed by atoms with Crippen molar-refractivity contribution in [1.82, 2.24) is 0 Å². The summed E-state index contributed by atoms with van der Waals surface area (Å²) in [4.78, 5) is 2.81. The van der Waals surface area contributed by atoms with E-state index in [1.807, 2.05) is 12.1 Å². The molecule has 18 heavy (non-hydrogen) atoms. The summed E-state index contributed by atoms with van der Waals surface area (Å²) in [6, 6.07) is 6.47. The molecule has 1 saturated heterocycles. The van der Waals surface area contributed by atoms with Gasteiger partial charge in [0.15, 0.2) is 0 Å². The van der Waals surface area contributed by atoms with Crippen molar-refractivity contribution in [3.63, 3.8) is 0 Å². The maximum absolute atomic E-state index is 5.64. The van der Waals surface area contributed by atoms with Gasteiger partial charge >= 0.3 is 0 Å². The Bertz CT molecular complexity index is 453. The number of thiocarbonyl (C=S) groups is 1. The van der Waals surface area contributed by atoms with Gasteiger partial charge in [0.25, 0.3) is 0 Å². The Morgan fingerprint density at radius 3 is 3.00 bits per heavy atom. The summed E-state index contributed by atoms with van der Waals surface area (Å²) >= 11 is 8.60. The van der Waals surface area contributed by atoms with Gasteiger partial charge in [0, 0.05) is 16.6 Å². The molecule has 1 aliphatic rings. The van der Waals surface area contributed by atoms with Crippen molar-refractivity contribution in [1.29, 1.82) is 0 Å². The van der Waals surface area contributed by atoms with Gasteiger partial charge in [0.2, 0.25) is 0 Å². The molecule has 3 nitrogen and oxygen atoms in total. The second-order valence-electron chi connectivity index (χ2n) is 4.36. The van der Waals surface area contributed by atoms with Crippen LogP contribution in [0.15, 0.2) is 22.7 Å². The summed E-state index contributed by atoms with van der Waals surface area (Å²) in [7, 11) is 0. The first-order chi connectivity index (χ1) is 8.63. The van der Waals surface area contributed by atoms with Crippen molar-refractivity contribution in [2.45, 2.75) is 19.4 Å². The normalized spacial score (nSPS) is 19.9. The molecule has 1 fully saturated rings. The quantitative estimate of drug-likeness (QED) is 0.866. The molecule has 1 heterocycles. The van der Waals surface area contributed by atoms with E-state index in [0.717, 1.165) is 36.2 Å².